The molecule has 2 atom stereocenters. The minimum absolute atomic E-state index is 0.204. The van der Waals surface area contributed by atoms with Gasteiger partial charge in [-0.3, -0.25) is 10.1 Å². The zero-order valence-electron chi connectivity index (χ0n) is 11.4. The number of primary amides is 1. The lowest BCUT2D eigenvalue weighted by Crippen LogP contribution is -2.52. The molecule has 0 saturated carbocycles. The molecular formula is C17H15ClN2O. The van der Waals surface area contributed by atoms with Crippen LogP contribution < -0.4 is 11.1 Å². The van der Waals surface area contributed by atoms with Gasteiger partial charge in [0.1, 0.15) is 5.00 Å². The molecule has 0 aliphatic carbocycles. The standard InChI is InChI=1S/C17H15ClN2O/c18-17-9-11-5-1-2-6-12(11)16(20-17,10-15(19)21)13-7-3-4-8-14(13)17/h1-8,20H,9-10H2,(H2,19,21). The number of halogens is 1. The van der Waals surface area contributed by atoms with Crippen molar-refractivity contribution in [2.24, 2.45) is 5.73 Å². The fourth-order valence-electron chi connectivity index (χ4n) is 3.87. The minimum Gasteiger partial charge on any atom is -0.370 e. The van der Waals surface area contributed by atoms with Crippen molar-refractivity contribution >= 4 is 17.5 Å². The molecule has 0 saturated heterocycles. The van der Waals surface area contributed by atoms with Crippen LogP contribution in [-0.4, -0.2) is 5.91 Å². The summed E-state index contributed by atoms with van der Waals surface area (Å²) in [6.07, 6.45) is 0.901. The van der Waals surface area contributed by atoms with E-state index in [1.54, 1.807) is 0 Å². The number of nitrogens with two attached hydrogens (primary N) is 1. The number of benzene rings is 2. The Hall–Kier alpha value is -1.84. The van der Waals surface area contributed by atoms with Crippen molar-refractivity contribution in [3.63, 3.8) is 0 Å². The molecule has 4 heteroatoms. The van der Waals surface area contributed by atoms with Crippen LogP contribution in [0.4, 0.5) is 0 Å². The Bertz CT molecular complexity index is 760. The van der Waals surface area contributed by atoms with E-state index in [4.69, 9.17) is 17.3 Å². The quantitative estimate of drug-likeness (QED) is 0.660. The summed E-state index contributed by atoms with van der Waals surface area (Å²) in [6, 6.07) is 16.2. The van der Waals surface area contributed by atoms with Crippen LogP contribution in [0.1, 0.15) is 28.7 Å². The van der Waals surface area contributed by atoms with Crippen LogP contribution in [0, 0.1) is 0 Å². The van der Waals surface area contributed by atoms with E-state index >= 15 is 0 Å². The van der Waals surface area contributed by atoms with Gasteiger partial charge in [0.25, 0.3) is 0 Å². The highest BCUT2D eigenvalue weighted by atomic mass is 35.5. The van der Waals surface area contributed by atoms with E-state index in [1.807, 2.05) is 36.4 Å². The molecule has 2 aromatic rings. The predicted octanol–water partition coefficient (Wildman–Crippen LogP) is 2.36. The van der Waals surface area contributed by atoms with Crippen molar-refractivity contribution in [1.29, 1.82) is 0 Å². The molecule has 2 aliphatic heterocycles. The molecule has 1 amide bonds. The maximum atomic E-state index is 11.7. The summed E-state index contributed by atoms with van der Waals surface area (Å²) in [7, 11) is 0. The first kappa shape index (κ1) is 12.9. The molecule has 106 valence electrons. The molecule has 2 unspecified atom stereocenters. The summed E-state index contributed by atoms with van der Waals surface area (Å²) in [6.45, 7) is 0. The summed E-state index contributed by atoms with van der Waals surface area (Å²) >= 11 is 6.87. The molecule has 3 nitrogen and oxygen atoms in total. The number of alkyl halides is 1. The molecule has 21 heavy (non-hydrogen) atoms. The summed E-state index contributed by atoms with van der Waals surface area (Å²) in [5.74, 6) is -0.338. The largest absolute Gasteiger partial charge is 0.370 e. The van der Waals surface area contributed by atoms with Crippen molar-refractivity contribution < 1.29 is 4.79 Å². The van der Waals surface area contributed by atoms with E-state index < -0.39 is 10.5 Å². The van der Waals surface area contributed by atoms with Gasteiger partial charge in [0.2, 0.25) is 5.91 Å². The van der Waals surface area contributed by atoms with E-state index in [0.29, 0.717) is 6.42 Å². The maximum absolute atomic E-state index is 11.7. The summed E-state index contributed by atoms with van der Waals surface area (Å²) in [5, 5.41) is 3.50. The first-order chi connectivity index (χ1) is 10.1. The monoisotopic (exact) mass is 298 g/mol. The van der Waals surface area contributed by atoms with Gasteiger partial charge >= 0.3 is 0 Å². The average molecular weight is 299 g/mol. The topological polar surface area (TPSA) is 55.1 Å². The summed E-state index contributed by atoms with van der Waals surface area (Å²) < 4.78 is 0. The maximum Gasteiger partial charge on any atom is 0.219 e. The number of carbonyl (C=O) groups excluding carboxylic acids is 1. The van der Waals surface area contributed by atoms with Crippen LogP contribution in [0.15, 0.2) is 48.5 Å². The Morgan fingerprint density at radius 2 is 1.71 bits per heavy atom. The molecule has 2 heterocycles. The van der Waals surface area contributed by atoms with Crippen LogP contribution in [0.2, 0.25) is 0 Å². The second kappa shape index (κ2) is 4.09. The summed E-state index contributed by atoms with van der Waals surface area (Å²) in [4.78, 5) is 11.0. The first-order valence-electron chi connectivity index (χ1n) is 7.00. The minimum atomic E-state index is -0.666. The molecule has 0 aromatic heterocycles. The lowest BCUT2D eigenvalue weighted by molar-refractivity contribution is -0.119. The first-order valence-corrected chi connectivity index (χ1v) is 7.38. The van der Waals surface area contributed by atoms with E-state index in [0.717, 1.165) is 16.7 Å². The Kier molecular flexibility index (Phi) is 2.51. The van der Waals surface area contributed by atoms with Crippen LogP contribution in [0.25, 0.3) is 0 Å². The van der Waals surface area contributed by atoms with Gasteiger partial charge in [-0.15, -0.1) is 0 Å². The molecular weight excluding hydrogens is 284 g/mol. The third-order valence-corrected chi connectivity index (χ3v) is 5.01. The van der Waals surface area contributed by atoms with Crippen LogP contribution in [0.3, 0.4) is 0 Å². The third-order valence-electron chi connectivity index (χ3n) is 4.58. The number of amides is 1. The molecule has 4 rings (SSSR count). The molecule has 0 radical (unpaired) electrons. The number of carbonyl (C=O) groups is 1. The number of fused-ring (bicyclic) bond motifs is 7. The van der Waals surface area contributed by atoms with Gasteiger partial charge in [0.05, 0.1) is 12.0 Å². The number of hydrogen-bond acceptors (Lipinski definition) is 2. The van der Waals surface area contributed by atoms with Gasteiger partial charge in [-0.2, -0.15) is 0 Å². The van der Waals surface area contributed by atoms with Gasteiger partial charge in [-0.1, -0.05) is 60.1 Å². The Labute approximate surface area is 128 Å². The van der Waals surface area contributed by atoms with Crippen molar-refractivity contribution in [1.82, 2.24) is 5.32 Å². The normalized spacial score (nSPS) is 28.8. The number of hydrogen-bond donors (Lipinski definition) is 2. The fraction of sp³-hybridized carbons (Fsp3) is 0.235. The van der Waals surface area contributed by atoms with Gasteiger partial charge in [0.15, 0.2) is 0 Å². The van der Waals surface area contributed by atoms with E-state index in [2.05, 4.69) is 17.4 Å². The smallest absolute Gasteiger partial charge is 0.219 e. The van der Waals surface area contributed by atoms with Crippen molar-refractivity contribution in [2.75, 3.05) is 0 Å². The molecule has 2 aromatic carbocycles. The number of rotatable bonds is 2. The highest BCUT2D eigenvalue weighted by Gasteiger charge is 2.56. The Balaban J connectivity index is 2.06. The van der Waals surface area contributed by atoms with Gasteiger partial charge < -0.3 is 5.73 Å². The highest BCUT2D eigenvalue weighted by Crippen LogP contribution is 2.54. The third kappa shape index (κ3) is 1.62. The SMILES string of the molecule is NC(=O)CC12NC(Cl)(Cc3ccccc31)c1ccccc12. The predicted molar refractivity (Wildman–Crippen MR) is 81.8 cm³/mol. The van der Waals surface area contributed by atoms with Crippen molar-refractivity contribution in [2.45, 2.75) is 23.4 Å². The van der Waals surface area contributed by atoms with Gasteiger partial charge in [-0.25, -0.2) is 0 Å². The van der Waals surface area contributed by atoms with Crippen LogP contribution in [0.5, 0.6) is 0 Å². The van der Waals surface area contributed by atoms with Crippen molar-refractivity contribution in [3.8, 4) is 0 Å². The summed E-state index contributed by atoms with van der Waals surface area (Å²) in [5.41, 5.74) is 9.30. The number of nitrogens with one attached hydrogen (secondary N) is 1. The van der Waals surface area contributed by atoms with Gasteiger partial charge in [0, 0.05) is 6.42 Å². The van der Waals surface area contributed by atoms with E-state index in [1.165, 1.54) is 5.56 Å². The molecule has 3 N–H and O–H groups in total. The average Bonchev–Trinajstić information content (AvgIpc) is 2.65. The lowest BCUT2D eigenvalue weighted by atomic mass is 9.78. The van der Waals surface area contributed by atoms with Crippen molar-refractivity contribution in [3.05, 3.63) is 70.8 Å². The molecule has 0 spiro atoms. The van der Waals surface area contributed by atoms with Crippen LogP contribution in [-0.2, 0) is 21.8 Å². The molecule has 2 bridgehead atoms. The van der Waals surface area contributed by atoms with Gasteiger partial charge in [-0.05, 0) is 22.3 Å². The van der Waals surface area contributed by atoms with Crippen LogP contribution >= 0.6 is 11.6 Å². The second-order valence-corrected chi connectivity index (χ2v) is 6.50. The Morgan fingerprint density at radius 1 is 1.10 bits per heavy atom. The zero-order chi connectivity index (χ0) is 14.7. The lowest BCUT2D eigenvalue weighted by Gasteiger charge is -2.40. The molecule has 0 fully saturated rings. The van der Waals surface area contributed by atoms with E-state index in [-0.39, 0.29) is 12.3 Å². The fourth-order valence-corrected chi connectivity index (χ4v) is 4.34. The highest BCUT2D eigenvalue weighted by molar-refractivity contribution is 6.24. The Morgan fingerprint density at radius 3 is 2.43 bits per heavy atom. The second-order valence-electron chi connectivity index (χ2n) is 5.85. The molecule has 2 aliphatic rings. The zero-order valence-corrected chi connectivity index (χ0v) is 12.2. The van der Waals surface area contributed by atoms with E-state index in [9.17, 15) is 4.79 Å².